The summed E-state index contributed by atoms with van der Waals surface area (Å²) in [4.78, 5) is 24.5. The summed E-state index contributed by atoms with van der Waals surface area (Å²) in [7, 11) is 0. The highest BCUT2D eigenvalue weighted by atomic mass is 16.5. The Morgan fingerprint density at radius 1 is 0.913 bits per heavy atom. The van der Waals surface area contributed by atoms with Crippen LogP contribution >= 0.6 is 0 Å². The Balaban J connectivity index is 4.61. The smallest absolute Gasteiger partial charge is 0.311 e. The van der Waals surface area contributed by atoms with Gasteiger partial charge in [-0.3, -0.25) is 9.59 Å². The van der Waals surface area contributed by atoms with Crippen molar-refractivity contribution in [3.63, 3.8) is 0 Å². The van der Waals surface area contributed by atoms with Gasteiger partial charge in [-0.1, -0.05) is 33.1 Å². The van der Waals surface area contributed by atoms with Crippen LogP contribution in [0, 0.1) is 10.8 Å². The van der Waals surface area contributed by atoms with E-state index < -0.39 is 16.8 Å². The standard InChI is InChI=1S/C18H34O5/c1-6-8-9-10-12-22-16(21)18(5,7-2)14-17(3,4)15(20)23-13-11-19/h19H,6-14H2,1-5H3. The normalized spacial score (nSPS) is 14.2. The lowest BCUT2D eigenvalue weighted by atomic mass is 9.72. The van der Waals surface area contributed by atoms with Crippen molar-refractivity contribution in [3.05, 3.63) is 0 Å². The van der Waals surface area contributed by atoms with Gasteiger partial charge in [0.25, 0.3) is 0 Å². The molecule has 0 heterocycles. The third-order valence-corrected chi connectivity index (χ3v) is 4.21. The third-order valence-electron chi connectivity index (χ3n) is 4.21. The Morgan fingerprint density at radius 2 is 1.52 bits per heavy atom. The lowest BCUT2D eigenvalue weighted by Crippen LogP contribution is -2.39. The van der Waals surface area contributed by atoms with Crippen molar-refractivity contribution in [3.8, 4) is 0 Å². The molecule has 0 aromatic rings. The van der Waals surface area contributed by atoms with Crippen LogP contribution in [-0.2, 0) is 19.1 Å². The molecular formula is C18H34O5. The lowest BCUT2D eigenvalue weighted by Gasteiger charge is -2.33. The topological polar surface area (TPSA) is 72.8 Å². The van der Waals surface area contributed by atoms with E-state index in [4.69, 9.17) is 14.6 Å². The number of rotatable bonds is 12. The summed E-state index contributed by atoms with van der Waals surface area (Å²) in [5, 5.41) is 8.76. The number of esters is 2. The van der Waals surface area contributed by atoms with E-state index >= 15 is 0 Å². The first-order valence-electron chi connectivity index (χ1n) is 8.68. The fourth-order valence-electron chi connectivity index (χ4n) is 2.59. The van der Waals surface area contributed by atoms with Gasteiger partial charge < -0.3 is 14.6 Å². The Hall–Kier alpha value is -1.10. The van der Waals surface area contributed by atoms with Crippen LogP contribution in [0.3, 0.4) is 0 Å². The van der Waals surface area contributed by atoms with E-state index in [1.807, 2.05) is 13.8 Å². The largest absolute Gasteiger partial charge is 0.465 e. The molecule has 0 saturated heterocycles. The number of aliphatic hydroxyl groups is 1. The molecule has 1 atom stereocenters. The maximum Gasteiger partial charge on any atom is 0.311 e. The average Bonchev–Trinajstić information content (AvgIpc) is 2.51. The zero-order chi connectivity index (χ0) is 17.9. The summed E-state index contributed by atoms with van der Waals surface area (Å²) in [6.45, 7) is 9.63. The average molecular weight is 330 g/mol. The molecule has 0 bridgehead atoms. The Morgan fingerprint density at radius 3 is 2.04 bits per heavy atom. The minimum atomic E-state index is -0.804. The molecule has 0 fully saturated rings. The summed E-state index contributed by atoms with van der Waals surface area (Å²) in [6.07, 6.45) is 5.18. The molecule has 0 amide bonds. The molecule has 136 valence electrons. The molecule has 1 unspecified atom stereocenters. The van der Waals surface area contributed by atoms with Crippen molar-refractivity contribution in [1.29, 1.82) is 0 Å². The van der Waals surface area contributed by atoms with Gasteiger partial charge in [-0.2, -0.15) is 0 Å². The molecule has 0 radical (unpaired) electrons. The van der Waals surface area contributed by atoms with Gasteiger partial charge >= 0.3 is 11.9 Å². The molecule has 0 spiro atoms. The van der Waals surface area contributed by atoms with Crippen molar-refractivity contribution in [1.82, 2.24) is 0 Å². The van der Waals surface area contributed by atoms with Crippen LogP contribution in [0.2, 0.25) is 0 Å². The third kappa shape index (κ3) is 7.82. The van der Waals surface area contributed by atoms with Crippen LogP contribution in [0.25, 0.3) is 0 Å². The van der Waals surface area contributed by atoms with Crippen LogP contribution in [-0.4, -0.2) is 36.9 Å². The number of hydrogen-bond acceptors (Lipinski definition) is 5. The second kappa shape index (κ2) is 10.6. The van der Waals surface area contributed by atoms with Gasteiger partial charge in [0.2, 0.25) is 0 Å². The highest BCUT2D eigenvalue weighted by Crippen LogP contribution is 2.38. The molecule has 5 heteroatoms. The van der Waals surface area contributed by atoms with E-state index in [-0.39, 0.29) is 19.2 Å². The van der Waals surface area contributed by atoms with E-state index in [2.05, 4.69) is 6.92 Å². The highest BCUT2D eigenvalue weighted by molar-refractivity contribution is 5.80. The second-order valence-corrected chi connectivity index (χ2v) is 7.03. The fourth-order valence-corrected chi connectivity index (χ4v) is 2.59. The van der Waals surface area contributed by atoms with E-state index in [1.165, 1.54) is 0 Å². The molecule has 0 rings (SSSR count). The molecule has 23 heavy (non-hydrogen) atoms. The van der Waals surface area contributed by atoms with Crippen molar-refractivity contribution in [2.24, 2.45) is 10.8 Å². The Bertz CT molecular complexity index is 364. The van der Waals surface area contributed by atoms with E-state index in [0.717, 1.165) is 25.7 Å². The SMILES string of the molecule is CCCCCCOC(=O)C(C)(CC)CC(C)(C)C(=O)OCCO. The minimum absolute atomic E-state index is 0.0209. The number of aliphatic hydroxyl groups excluding tert-OH is 1. The maximum absolute atomic E-state index is 12.4. The van der Waals surface area contributed by atoms with Gasteiger partial charge in [0, 0.05) is 0 Å². The summed E-state index contributed by atoms with van der Waals surface area (Å²) in [6, 6.07) is 0. The summed E-state index contributed by atoms with van der Waals surface area (Å²) in [5.74, 6) is -0.651. The first-order chi connectivity index (χ1) is 10.7. The zero-order valence-electron chi connectivity index (χ0n) is 15.4. The summed E-state index contributed by atoms with van der Waals surface area (Å²) >= 11 is 0. The lowest BCUT2D eigenvalue weighted by molar-refractivity contribution is -0.163. The monoisotopic (exact) mass is 330 g/mol. The molecule has 5 nitrogen and oxygen atoms in total. The summed E-state index contributed by atoms with van der Waals surface area (Å²) in [5.41, 5.74) is -1.52. The van der Waals surface area contributed by atoms with Crippen molar-refractivity contribution in [2.45, 2.75) is 73.1 Å². The van der Waals surface area contributed by atoms with Crippen molar-refractivity contribution < 1.29 is 24.2 Å². The predicted molar refractivity (Wildman–Crippen MR) is 89.9 cm³/mol. The minimum Gasteiger partial charge on any atom is -0.465 e. The molecule has 0 saturated carbocycles. The molecular weight excluding hydrogens is 296 g/mol. The second-order valence-electron chi connectivity index (χ2n) is 7.03. The molecule has 0 aliphatic carbocycles. The molecule has 0 aromatic heterocycles. The molecule has 0 aliphatic heterocycles. The molecule has 0 aromatic carbocycles. The number of carbonyl (C=O) groups excluding carboxylic acids is 2. The van der Waals surface area contributed by atoms with Gasteiger partial charge in [0.1, 0.15) is 6.61 Å². The van der Waals surface area contributed by atoms with Crippen LogP contribution in [0.4, 0.5) is 0 Å². The fraction of sp³-hybridized carbons (Fsp3) is 0.889. The van der Waals surface area contributed by atoms with E-state index in [1.54, 1.807) is 13.8 Å². The van der Waals surface area contributed by atoms with Gasteiger partial charge in [-0.05, 0) is 40.0 Å². The van der Waals surface area contributed by atoms with Crippen LogP contribution in [0.1, 0.15) is 73.1 Å². The number of carbonyl (C=O) groups is 2. The van der Waals surface area contributed by atoms with Crippen LogP contribution in [0.5, 0.6) is 0 Å². The first kappa shape index (κ1) is 21.9. The Kier molecular flexibility index (Phi) is 10.1. The maximum atomic E-state index is 12.4. The van der Waals surface area contributed by atoms with Gasteiger partial charge in [-0.15, -0.1) is 0 Å². The van der Waals surface area contributed by atoms with Crippen molar-refractivity contribution >= 4 is 11.9 Å². The highest BCUT2D eigenvalue weighted by Gasteiger charge is 2.42. The predicted octanol–water partition coefficient (Wildman–Crippen LogP) is 3.48. The Labute approximate surface area is 140 Å². The number of unbranched alkanes of at least 4 members (excludes halogenated alkanes) is 3. The van der Waals surface area contributed by atoms with Gasteiger partial charge in [-0.25, -0.2) is 0 Å². The molecule has 1 N–H and O–H groups in total. The van der Waals surface area contributed by atoms with Crippen molar-refractivity contribution in [2.75, 3.05) is 19.8 Å². The quantitative estimate of drug-likeness (QED) is 0.438. The van der Waals surface area contributed by atoms with Gasteiger partial charge in [0.15, 0.2) is 0 Å². The van der Waals surface area contributed by atoms with E-state index in [9.17, 15) is 9.59 Å². The van der Waals surface area contributed by atoms with Gasteiger partial charge in [0.05, 0.1) is 24.0 Å². The number of ether oxygens (including phenoxy) is 2. The first-order valence-corrected chi connectivity index (χ1v) is 8.68. The molecule has 0 aliphatic rings. The summed E-state index contributed by atoms with van der Waals surface area (Å²) < 4.78 is 10.4. The zero-order valence-corrected chi connectivity index (χ0v) is 15.4. The van der Waals surface area contributed by atoms with Crippen LogP contribution in [0.15, 0.2) is 0 Å². The number of hydrogen-bond donors (Lipinski definition) is 1. The van der Waals surface area contributed by atoms with E-state index in [0.29, 0.717) is 19.4 Å². The van der Waals surface area contributed by atoms with Crippen LogP contribution < -0.4 is 0 Å².